The number of nitrogens with one attached hydrogen (secondary N) is 1. The van der Waals surface area contributed by atoms with Gasteiger partial charge in [0.25, 0.3) is 0 Å². The van der Waals surface area contributed by atoms with Crippen molar-refractivity contribution in [3.8, 4) is 5.75 Å². The zero-order valence-corrected chi connectivity index (χ0v) is 16.2. The summed E-state index contributed by atoms with van der Waals surface area (Å²) in [7, 11) is 0. The molecule has 1 N–H and O–H groups in total. The number of rotatable bonds is 3. The molecule has 1 aromatic rings. The minimum absolute atomic E-state index is 0.222. The van der Waals surface area contributed by atoms with Gasteiger partial charge in [-0.1, -0.05) is 6.07 Å². The molecule has 26 heavy (non-hydrogen) atoms. The van der Waals surface area contributed by atoms with E-state index in [9.17, 15) is 4.79 Å². The molecule has 1 aromatic carbocycles. The van der Waals surface area contributed by atoms with Crippen molar-refractivity contribution >= 4 is 11.8 Å². The first kappa shape index (κ1) is 18.8. The van der Waals surface area contributed by atoms with Crippen molar-refractivity contribution in [2.45, 2.75) is 45.3 Å². The SMILES string of the molecule is CC(C)(C)OC(=O)N1CCN(c2cccc(OC3CCNCC3)c2)CC1. The Morgan fingerprint density at radius 1 is 1.12 bits per heavy atom. The van der Waals surface area contributed by atoms with E-state index in [1.165, 1.54) is 0 Å². The van der Waals surface area contributed by atoms with Crippen LogP contribution in [0.2, 0.25) is 0 Å². The van der Waals surface area contributed by atoms with Crippen LogP contribution in [-0.2, 0) is 4.74 Å². The van der Waals surface area contributed by atoms with Gasteiger partial charge in [0.2, 0.25) is 0 Å². The molecule has 6 heteroatoms. The predicted molar refractivity (Wildman–Crippen MR) is 103 cm³/mol. The van der Waals surface area contributed by atoms with Crippen LogP contribution in [0.25, 0.3) is 0 Å². The summed E-state index contributed by atoms with van der Waals surface area (Å²) >= 11 is 0. The molecule has 0 spiro atoms. The standard InChI is InChI=1S/C20H31N3O3/c1-20(2,3)26-19(24)23-13-11-22(12-14-23)16-5-4-6-18(15-16)25-17-7-9-21-10-8-17/h4-6,15,17,21H,7-14H2,1-3H3. The maximum atomic E-state index is 12.2. The molecule has 144 valence electrons. The van der Waals surface area contributed by atoms with Crippen LogP contribution in [0.3, 0.4) is 0 Å². The summed E-state index contributed by atoms with van der Waals surface area (Å²) in [6, 6.07) is 8.30. The van der Waals surface area contributed by atoms with E-state index in [0.717, 1.165) is 50.5 Å². The van der Waals surface area contributed by atoms with Crippen LogP contribution in [0.4, 0.5) is 10.5 Å². The lowest BCUT2D eigenvalue weighted by Crippen LogP contribution is -2.50. The van der Waals surface area contributed by atoms with Gasteiger partial charge in [0.1, 0.15) is 17.5 Å². The summed E-state index contributed by atoms with van der Waals surface area (Å²) in [5.74, 6) is 0.934. The second-order valence-electron chi connectivity index (χ2n) is 8.02. The molecule has 0 atom stereocenters. The molecule has 2 saturated heterocycles. The highest BCUT2D eigenvalue weighted by molar-refractivity contribution is 5.68. The molecule has 2 aliphatic rings. The van der Waals surface area contributed by atoms with Gasteiger partial charge in [0.05, 0.1) is 0 Å². The Bertz CT molecular complexity index is 601. The summed E-state index contributed by atoms with van der Waals surface area (Å²) in [6.07, 6.45) is 2.19. The van der Waals surface area contributed by atoms with Crippen molar-refractivity contribution in [1.82, 2.24) is 10.2 Å². The third-order valence-corrected chi connectivity index (χ3v) is 4.70. The molecule has 0 aliphatic carbocycles. The number of anilines is 1. The van der Waals surface area contributed by atoms with E-state index < -0.39 is 5.60 Å². The summed E-state index contributed by atoms with van der Waals surface area (Å²) < 4.78 is 11.6. The van der Waals surface area contributed by atoms with Crippen molar-refractivity contribution in [2.24, 2.45) is 0 Å². The summed E-state index contributed by atoms with van der Waals surface area (Å²) in [5.41, 5.74) is 0.703. The van der Waals surface area contributed by atoms with Gasteiger partial charge in [-0.15, -0.1) is 0 Å². The van der Waals surface area contributed by atoms with Crippen LogP contribution in [0.1, 0.15) is 33.6 Å². The molecular weight excluding hydrogens is 330 g/mol. The van der Waals surface area contributed by atoms with Crippen molar-refractivity contribution in [1.29, 1.82) is 0 Å². The van der Waals surface area contributed by atoms with Gasteiger partial charge in [-0.3, -0.25) is 0 Å². The first-order chi connectivity index (χ1) is 12.4. The summed E-state index contributed by atoms with van der Waals surface area (Å²) in [6.45, 7) is 10.7. The van der Waals surface area contributed by atoms with Crippen LogP contribution < -0.4 is 15.0 Å². The number of carbonyl (C=O) groups excluding carboxylic acids is 1. The lowest BCUT2D eigenvalue weighted by molar-refractivity contribution is 0.0240. The molecular formula is C20H31N3O3. The van der Waals surface area contributed by atoms with Gasteiger partial charge in [-0.25, -0.2) is 4.79 Å². The molecule has 0 unspecified atom stereocenters. The molecule has 2 heterocycles. The van der Waals surface area contributed by atoms with E-state index in [-0.39, 0.29) is 6.09 Å². The molecule has 3 rings (SSSR count). The maximum Gasteiger partial charge on any atom is 0.410 e. The van der Waals surface area contributed by atoms with E-state index in [1.54, 1.807) is 4.90 Å². The summed E-state index contributed by atoms with van der Waals surface area (Å²) in [5, 5.41) is 3.36. The lowest BCUT2D eigenvalue weighted by Gasteiger charge is -2.37. The second kappa shape index (κ2) is 8.16. The van der Waals surface area contributed by atoms with Crippen LogP contribution in [0, 0.1) is 0 Å². The van der Waals surface area contributed by atoms with Gasteiger partial charge < -0.3 is 24.6 Å². The number of carbonyl (C=O) groups is 1. The van der Waals surface area contributed by atoms with Crippen molar-refractivity contribution in [3.63, 3.8) is 0 Å². The van der Waals surface area contributed by atoms with E-state index in [4.69, 9.17) is 9.47 Å². The van der Waals surface area contributed by atoms with E-state index in [2.05, 4.69) is 22.3 Å². The van der Waals surface area contributed by atoms with Gasteiger partial charge in [-0.2, -0.15) is 0 Å². The highest BCUT2D eigenvalue weighted by Gasteiger charge is 2.26. The zero-order chi connectivity index (χ0) is 18.6. The number of hydrogen-bond donors (Lipinski definition) is 1. The predicted octanol–water partition coefficient (Wildman–Crippen LogP) is 2.87. The number of hydrogen-bond acceptors (Lipinski definition) is 5. The Kier molecular flexibility index (Phi) is 5.91. The Balaban J connectivity index is 1.54. The van der Waals surface area contributed by atoms with E-state index in [1.807, 2.05) is 32.9 Å². The Morgan fingerprint density at radius 2 is 1.81 bits per heavy atom. The molecule has 0 aromatic heterocycles. The maximum absolute atomic E-state index is 12.2. The fraction of sp³-hybridized carbons (Fsp3) is 0.650. The van der Waals surface area contributed by atoms with Crippen LogP contribution in [0.5, 0.6) is 5.75 Å². The Labute approximate surface area is 156 Å². The third-order valence-electron chi connectivity index (χ3n) is 4.70. The number of ether oxygens (including phenoxy) is 2. The smallest absolute Gasteiger partial charge is 0.410 e. The average Bonchev–Trinajstić information content (AvgIpc) is 2.61. The molecule has 2 aliphatic heterocycles. The fourth-order valence-electron chi connectivity index (χ4n) is 3.33. The second-order valence-corrected chi connectivity index (χ2v) is 8.02. The number of nitrogens with zero attached hydrogens (tertiary/aromatic N) is 2. The zero-order valence-electron chi connectivity index (χ0n) is 16.2. The van der Waals surface area contributed by atoms with Gasteiger partial charge >= 0.3 is 6.09 Å². The molecule has 0 saturated carbocycles. The first-order valence-electron chi connectivity index (χ1n) is 9.61. The van der Waals surface area contributed by atoms with Crippen LogP contribution in [0.15, 0.2) is 24.3 Å². The Morgan fingerprint density at radius 3 is 2.46 bits per heavy atom. The number of piperazine rings is 1. The monoisotopic (exact) mass is 361 g/mol. The van der Waals surface area contributed by atoms with Gasteiger partial charge in [0, 0.05) is 37.9 Å². The van der Waals surface area contributed by atoms with Crippen LogP contribution in [-0.4, -0.2) is 62.0 Å². The molecule has 0 bridgehead atoms. The van der Waals surface area contributed by atoms with Crippen molar-refractivity contribution in [3.05, 3.63) is 24.3 Å². The van der Waals surface area contributed by atoms with E-state index >= 15 is 0 Å². The number of piperidine rings is 1. The van der Waals surface area contributed by atoms with Gasteiger partial charge in [0.15, 0.2) is 0 Å². The van der Waals surface area contributed by atoms with E-state index in [0.29, 0.717) is 19.2 Å². The first-order valence-corrected chi connectivity index (χ1v) is 9.61. The lowest BCUT2D eigenvalue weighted by atomic mass is 10.1. The largest absolute Gasteiger partial charge is 0.490 e. The molecule has 2 fully saturated rings. The minimum Gasteiger partial charge on any atom is -0.490 e. The molecule has 1 amide bonds. The number of benzene rings is 1. The number of amides is 1. The minimum atomic E-state index is -0.450. The quantitative estimate of drug-likeness (QED) is 0.897. The third kappa shape index (κ3) is 5.27. The summed E-state index contributed by atoms with van der Waals surface area (Å²) in [4.78, 5) is 16.3. The van der Waals surface area contributed by atoms with Crippen LogP contribution >= 0.6 is 0 Å². The molecule has 0 radical (unpaired) electrons. The Hall–Kier alpha value is -1.95. The average molecular weight is 361 g/mol. The molecule has 6 nitrogen and oxygen atoms in total. The van der Waals surface area contributed by atoms with Crippen molar-refractivity contribution in [2.75, 3.05) is 44.2 Å². The highest BCUT2D eigenvalue weighted by Crippen LogP contribution is 2.25. The topological polar surface area (TPSA) is 54.0 Å². The normalized spacial score (nSPS) is 19.3. The van der Waals surface area contributed by atoms with Crippen molar-refractivity contribution < 1.29 is 14.3 Å². The van der Waals surface area contributed by atoms with Gasteiger partial charge in [-0.05, 0) is 58.8 Å². The highest BCUT2D eigenvalue weighted by atomic mass is 16.6. The fourth-order valence-corrected chi connectivity index (χ4v) is 3.33.